The molecule has 0 fully saturated rings. The van der Waals surface area contributed by atoms with E-state index in [4.69, 9.17) is 9.47 Å². The quantitative estimate of drug-likeness (QED) is 0.425. The van der Waals surface area contributed by atoms with Crippen molar-refractivity contribution in [1.29, 1.82) is 0 Å². The number of carbonyl (C=O) groups excluding carboxylic acids is 2. The number of allylic oxidation sites excluding steroid dienone is 1. The van der Waals surface area contributed by atoms with Gasteiger partial charge in [0.05, 0.1) is 22.4 Å². The number of thiophene rings is 1. The zero-order valence-electron chi connectivity index (χ0n) is 17.7. The van der Waals surface area contributed by atoms with Crippen molar-refractivity contribution < 1.29 is 19.1 Å². The molecule has 3 aromatic rings. The fourth-order valence-corrected chi connectivity index (χ4v) is 5.36. The maximum absolute atomic E-state index is 13.5. The van der Waals surface area contributed by atoms with Crippen molar-refractivity contribution in [3.8, 4) is 5.75 Å². The number of para-hydroxylation sites is 1. The van der Waals surface area contributed by atoms with Gasteiger partial charge in [-0.15, -0.1) is 11.3 Å². The van der Waals surface area contributed by atoms with Gasteiger partial charge in [0.25, 0.3) is 5.56 Å². The first-order valence-corrected chi connectivity index (χ1v) is 11.6. The summed E-state index contributed by atoms with van der Waals surface area (Å²) < 4.78 is 12.5. The first-order chi connectivity index (χ1) is 15.4. The van der Waals surface area contributed by atoms with Crippen LogP contribution in [0.4, 0.5) is 0 Å². The minimum atomic E-state index is -0.615. The molecule has 1 aliphatic rings. The Kier molecular flexibility index (Phi) is 6.20. The van der Waals surface area contributed by atoms with Gasteiger partial charge in [-0.3, -0.25) is 14.2 Å². The molecule has 0 radical (unpaired) electrons. The van der Waals surface area contributed by atoms with Gasteiger partial charge in [-0.1, -0.05) is 35.6 Å². The van der Waals surface area contributed by atoms with Gasteiger partial charge in [0.1, 0.15) is 11.8 Å². The second-order valence-electron chi connectivity index (χ2n) is 6.95. The van der Waals surface area contributed by atoms with E-state index >= 15 is 0 Å². The van der Waals surface area contributed by atoms with Crippen molar-refractivity contribution in [3.05, 3.63) is 83.2 Å². The lowest BCUT2D eigenvalue weighted by Gasteiger charge is -2.23. The van der Waals surface area contributed by atoms with Gasteiger partial charge in [0, 0.05) is 17.4 Å². The van der Waals surface area contributed by atoms with Crippen LogP contribution in [0.25, 0.3) is 6.08 Å². The summed E-state index contributed by atoms with van der Waals surface area (Å²) in [6, 6.07) is 10.1. The molecular formula is C23H20N2O5S2. The van der Waals surface area contributed by atoms with E-state index in [-0.39, 0.29) is 12.2 Å². The summed E-state index contributed by atoms with van der Waals surface area (Å²) in [5.41, 5.74) is 1.20. The lowest BCUT2D eigenvalue weighted by molar-refractivity contribution is -0.139. The van der Waals surface area contributed by atoms with Gasteiger partial charge in [-0.25, -0.2) is 9.79 Å². The zero-order valence-corrected chi connectivity index (χ0v) is 19.3. The van der Waals surface area contributed by atoms with E-state index in [9.17, 15) is 14.4 Å². The lowest BCUT2D eigenvalue weighted by Crippen LogP contribution is -2.39. The van der Waals surface area contributed by atoms with Gasteiger partial charge >= 0.3 is 11.9 Å². The molecular weight excluding hydrogens is 448 g/mol. The highest BCUT2D eigenvalue weighted by molar-refractivity contribution is 7.10. The molecule has 4 rings (SSSR count). The highest BCUT2D eigenvalue weighted by Gasteiger charge is 2.33. The Morgan fingerprint density at radius 3 is 2.69 bits per heavy atom. The predicted molar refractivity (Wildman–Crippen MR) is 122 cm³/mol. The number of aromatic nitrogens is 1. The standard InChI is InChI=1S/C23H20N2O5S2/c1-4-29-22(28)19-13(2)24-23-25(20(19)17-10-7-11-31-17)21(27)18(32-23)12-15-8-5-6-9-16(15)30-14(3)26/h5-12,20H,4H2,1-3H3/b18-12+. The minimum absolute atomic E-state index is 0.226. The monoisotopic (exact) mass is 468 g/mol. The van der Waals surface area contributed by atoms with Crippen LogP contribution in [0.5, 0.6) is 5.75 Å². The summed E-state index contributed by atoms with van der Waals surface area (Å²) in [6.45, 7) is 5.04. The Bertz CT molecular complexity index is 1400. The van der Waals surface area contributed by atoms with E-state index in [0.717, 1.165) is 4.88 Å². The number of hydrogen-bond acceptors (Lipinski definition) is 8. The van der Waals surface area contributed by atoms with E-state index in [1.54, 1.807) is 44.2 Å². The van der Waals surface area contributed by atoms with Crippen LogP contribution in [0.2, 0.25) is 0 Å². The van der Waals surface area contributed by atoms with Crippen LogP contribution < -0.4 is 19.6 Å². The number of ether oxygens (including phenoxy) is 2. The molecule has 0 N–H and O–H groups in total. The Morgan fingerprint density at radius 1 is 1.22 bits per heavy atom. The summed E-state index contributed by atoms with van der Waals surface area (Å²) in [5.74, 6) is -0.564. The summed E-state index contributed by atoms with van der Waals surface area (Å²) in [5, 5.41) is 1.90. The summed E-state index contributed by atoms with van der Waals surface area (Å²) >= 11 is 2.68. The molecule has 0 spiro atoms. The summed E-state index contributed by atoms with van der Waals surface area (Å²) in [4.78, 5) is 43.6. The number of rotatable bonds is 5. The smallest absolute Gasteiger partial charge is 0.338 e. The molecule has 1 unspecified atom stereocenters. The van der Waals surface area contributed by atoms with E-state index in [2.05, 4.69) is 4.99 Å². The minimum Gasteiger partial charge on any atom is -0.463 e. The number of benzene rings is 1. The maximum atomic E-state index is 13.5. The zero-order chi connectivity index (χ0) is 22.8. The molecule has 0 saturated carbocycles. The third-order valence-electron chi connectivity index (χ3n) is 4.79. The fourth-order valence-electron chi connectivity index (χ4n) is 3.50. The van der Waals surface area contributed by atoms with Crippen molar-refractivity contribution in [2.45, 2.75) is 26.8 Å². The van der Waals surface area contributed by atoms with E-state index in [0.29, 0.717) is 31.9 Å². The van der Waals surface area contributed by atoms with Crippen LogP contribution in [0.15, 0.2) is 62.8 Å². The Labute approximate surface area is 191 Å². The second kappa shape index (κ2) is 9.05. The van der Waals surface area contributed by atoms with Crippen molar-refractivity contribution in [1.82, 2.24) is 4.57 Å². The molecule has 0 saturated heterocycles. The van der Waals surface area contributed by atoms with Gasteiger partial charge in [0.2, 0.25) is 0 Å². The average Bonchev–Trinajstić information content (AvgIpc) is 3.37. The highest BCUT2D eigenvalue weighted by Crippen LogP contribution is 2.33. The van der Waals surface area contributed by atoms with Gasteiger partial charge in [-0.2, -0.15) is 0 Å². The van der Waals surface area contributed by atoms with Crippen LogP contribution in [0.1, 0.15) is 37.3 Å². The number of fused-ring (bicyclic) bond motifs is 1. The molecule has 1 aliphatic heterocycles. The third kappa shape index (κ3) is 4.09. The maximum Gasteiger partial charge on any atom is 0.338 e. The molecule has 1 atom stereocenters. The van der Waals surface area contributed by atoms with Gasteiger partial charge in [-0.05, 0) is 37.4 Å². The normalized spacial score (nSPS) is 15.8. The van der Waals surface area contributed by atoms with Crippen LogP contribution in [-0.4, -0.2) is 23.1 Å². The Hall–Kier alpha value is -3.30. The molecule has 0 bridgehead atoms. The molecule has 164 valence electrons. The first-order valence-electron chi connectivity index (χ1n) is 9.91. The molecule has 0 aliphatic carbocycles. The van der Waals surface area contributed by atoms with Gasteiger partial charge < -0.3 is 9.47 Å². The molecule has 0 amide bonds. The van der Waals surface area contributed by atoms with Crippen LogP contribution >= 0.6 is 22.7 Å². The molecule has 3 heterocycles. The SMILES string of the molecule is CCOC(=O)C1=C(C)N=c2s/c(=C/c3ccccc3OC(C)=O)c(=O)n2C1c1cccs1. The van der Waals surface area contributed by atoms with E-state index < -0.39 is 18.0 Å². The van der Waals surface area contributed by atoms with Crippen LogP contribution in [0, 0.1) is 0 Å². The topological polar surface area (TPSA) is 87.0 Å². The van der Waals surface area contributed by atoms with Crippen LogP contribution in [0.3, 0.4) is 0 Å². The Morgan fingerprint density at radius 2 is 2.00 bits per heavy atom. The van der Waals surface area contributed by atoms with Gasteiger partial charge in [0.15, 0.2) is 4.80 Å². The molecule has 9 heteroatoms. The number of esters is 2. The van der Waals surface area contributed by atoms with Crippen molar-refractivity contribution >= 4 is 40.7 Å². The number of carbonyl (C=O) groups is 2. The van der Waals surface area contributed by atoms with Crippen LogP contribution in [-0.2, 0) is 14.3 Å². The second-order valence-corrected chi connectivity index (χ2v) is 8.94. The van der Waals surface area contributed by atoms with Crippen molar-refractivity contribution in [2.75, 3.05) is 6.61 Å². The van der Waals surface area contributed by atoms with Crippen molar-refractivity contribution in [2.24, 2.45) is 4.99 Å². The Balaban J connectivity index is 1.92. The lowest BCUT2D eigenvalue weighted by atomic mass is 10.0. The number of nitrogens with zero attached hydrogens (tertiary/aromatic N) is 2. The summed E-state index contributed by atoms with van der Waals surface area (Å²) in [7, 11) is 0. The number of hydrogen-bond donors (Lipinski definition) is 0. The highest BCUT2D eigenvalue weighted by atomic mass is 32.1. The average molecular weight is 469 g/mol. The van der Waals surface area contributed by atoms with E-state index in [1.165, 1.54) is 34.2 Å². The molecule has 32 heavy (non-hydrogen) atoms. The molecule has 2 aromatic heterocycles. The predicted octanol–water partition coefficient (Wildman–Crippen LogP) is 2.79. The van der Waals surface area contributed by atoms with E-state index in [1.807, 2.05) is 17.5 Å². The number of thiazole rings is 1. The van der Waals surface area contributed by atoms with Crippen molar-refractivity contribution in [3.63, 3.8) is 0 Å². The molecule has 7 nitrogen and oxygen atoms in total. The summed E-state index contributed by atoms with van der Waals surface area (Å²) in [6.07, 6.45) is 1.68. The first kappa shape index (κ1) is 21.9. The largest absolute Gasteiger partial charge is 0.463 e. The third-order valence-corrected chi connectivity index (χ3v) is 6.70. The fraction of sp³-hybridized carbons (Fsp3) is 0.217. The molecule has 1 aromatic carbocycles.